The summed E-state index contributed by atoms with van der Waals surface area (Å²) >= 11 is 5.05. The molecule has 5 heteroatoms. The molecular weight excluding hydrogens is 324 g/mol. The number of imidazole rings is 1. The lowest BCUT2D eigenvalue weighted by Gasteiger charge is -2.03. The largest absolute Gasteiger partial charge is 0.323 e. The lowest BCUT2D eigenvalue weighted by molar-refractivity contribution is -0.118. The highest BCUT2D eigenvalue weighted by atomic mass is 79.9. The molecule has 0 fully saturated rings. The molecule has 0 amide bonds. The molecule has 1 aromatic carbocycles. The summed E-state index contributed by atoms with van der Waals surface area (Å²) in [4.78, 5) is 17.5. The summed E-state index contributed by atoms with van der Waals surface area (Å²) in [5, 5.41) is 1.99. The number of ketones is 1. The van der Waals surface area contributed by atoms with E-state index in [4.69, 9.17) is 0 Å². The molecule has 2 aromatic heterocycles. The Hall–Kier alpha value is -1.46. The van der Waals surface area contributed by atoms with Gasteiger partial charge in [0.1, 0.15) is 0 Å². The van der Waals surface area contributed by atoms with Crippen LogP contribution < -0.4 is 0 Å². The molecule has 0 aliphatic heterocycles. The highest BCUT2D eigenvalue weighted by Gasteiger charge is 2.10. The summed E-state index contributed by atoms with van der Waals surface area (Å²) < 4.78 is 2.92. The van der Waals surface area contributed by atoms with Crippen molar-refractivity contribution in [3.63, 3.8) is 0 Å². The maximum absolute atomic E-state index is 12.1. The Bertz CT molecular complexity index is 732. The Balaban J connectivity index is 1.78. The number of hydrogen-bond donors (Lipinski definition) is 0. The van der Waals surface area contributed by atoms with Crippen LogP contribution in [0.5, 0.6) is 0 Å². The van der Waals surface area contributed by atoms with Crippen molar-refractivity contribution < 1.29 is 4.79 Å². The fraction of sp³-hybridized carbons (Fsp3) is 0.143. The van der Waals surface area contributed by atoms with E-state index in [1.807, 2.05) is 40.3 Å². The van der Waals surface area contributed by atoms with E-state index in [1.165, 1.54) is 0 Å². The lowest BCUT2D eigenvalue weighted by atomic mass is 10.2. The smallest absolute Gasteiger partial charge is 0.157 e. The van der Waals surface area contributed by atoms with Gasteiger partial charge in [0.2, 0.25) is 0 Å². The van der Waals surface area contributed by atoms with Gasteiger partial charge in [-0.3, -0.25) is 4.79 Å². The number of benzene rings is 1. The van der Waals surface area contributed by atoms with Crippen molar-refractivity contribution in [3.05, 3.63) is 51.4 Å². The second-order valence-corrected chi connectivity index (χ2v) is 6.12. The van der Waals surface area contributed by atoms with Gasteiger partial charge in [-0.05, 0) is 39.5 Å². The van der Waals surface area contributed by atoms with Crippen molar-refractivity contribution in [2.24, 2.45) is 0 Å². The third-order valence-electron chi connectivity index (χ3n) is 2.92. The van der Waals surface area contributed by atoms with Crippen LogP contribution in [-0.4, -0.2) is 15.3 Å². The number of Topliss-reactive ketones (excluding diaryl/α,β-unsaturated/α-hetero) is 1. The zero-order valence-electron chi connectivity index (χ0n) is 10.0. The van der Waals surface area contributed by atoms with Gasteiger partial charge in [-0.2, -0.15) is 0 Å². The molecule has 2 heterocycles. The van der Waals surface area contributed by atoms with Gasteiger partial charge in [0, 0.05) is 15.8 Å². The summed E-state index contributed by atoms with van der Waals surface area (Å²) in [6.07, 6.45) is 2.19. The van der Waals surface area contributed by atoms with Crippen molar-refractivity contribution in [3.8, 4) is 0 Å². The first kappa shape index (κ1) is 12.6. The van der Waals surface area contributed by atoms with Gasteiger partial charge in [0.15, 0.2) is 5.78 Å². The Labute approximate surface area is 123 Å². The molecule has 0 saturated heterocycles. The minimum Gasteiger partial charge on any atom is -0.323 e. The topological polar surface area (TPSA) is 34.9 Å². The first-order valence-corrected chi connectivity index (χ1v) is 7.55. The molecule has 0 unspecified atom stereocenters. The second-order valence-electron chi connectivity index (χ2n) is 4.27. The van der Waals surface area contributed by atoms with E-state index in [1.54, 1.807) is 17.7 Å². The van der Waals surface area contributed by atoms with Gasteiger partial charge in [-0.25, -0.2) is 4.98 Å². The van der Waals surface area contributed by atoms with Gasteiger partial charge in [0.25, 0.3) is 0 Å². The number of aromatic nitrogens is 2. The first-order valence-electron chi connectivity index (χ1n) is 5.87. The van der Waals surface area contributed by atoms with E-state index < -0.39 is 0 Å². The molecule has 0 bridgehead atoms. The van der Waals surface area contributed by atoms with Crippen LogP contribution in [0.4, 0.5) is 0 Å². The number of thiophene rings is 1. The minimum absolute atomic E-state index is 0.186. The van der Waals surface area contributed by atoms with Crippen molar-refractivity contribution in [2.75, 3.05) is 0 Å². The zero-order chi connectivity index (χ0) is 13.2. The third kappa shape index (κ3) is 2.62. The van der Waals surface area contributed by atoms with Crippen molar-refractivity contribution in [1.29, 1.82) is 0 Å². The molecule has 0 aliphatic carbocycles. The molecular formula is C14H11BrN2OS. The molecule has 0 atom stereocenters. The van der Waals surface area contributed by atoms with Crippen LogP contribution >= 0.6 is 27.3 Å². The number of para-hydroxylation sites is 2. The Kier molecular flexibility index (Phi) is 3.48. The van der Waals surface area contributed by atoms with E-state index in [-0.39, 0.29) is 5.78 Å². The van der Waals surface area contributed by atoms with Crippen molar-refractivity contribution in [1.82, 2.24) is 9.55 Å². The Morgan fingerprint density at radius 1 is 1.32 bits per heavy atom. The molecule has 0 saturated carbocycles. The number of halogens is 1. The molecule has 0 radical (unpaired) electrons. The second kappa shape index (κ2) is 5.27. The van der Waals surface area contributed by atoms with Crippen LogP contribution in [0.2, 0.25) is 0 Å². The van der Waals surface area contributed by atoms with Crippen LogP contribution in [0.1, 0.15) is 4.88 Å². The molecule has 0 N–H and O–H groups in total. The van der Waals surface area contributed by atoms with Crippen LogP contribution in [0.25, 0.3) is 11.0 Å². The highest BCUT2D eigenvalue weighted by molar-refractivity contribution is 9.10. The quantitative estimate of drug-likeness (QED) is 0.729. The lowest BCUT2D eigenvalue weighted by Crippen LogP contribution is -2.11. The van der Waals surface area contributed by atoms with Crippen LogP contribution in [0, 0.1) is 0 Å². The predicted octanol–water partition coefficient (Wildman–Crippen LogP) is 3.67. The van der Waals surface area contributed by atoms with Crippen molar-refractivity contribution >= 4 is 44.1 Å². The van der Waals surface area contributed by atoms with Gasteiger partial charge in [-0.15, -0.1) is 11.3 Å². The Morgan fingerprint density at radius 2 is 2.16 bits per heavy atom. The number of carbonyl (C=O) groups is 1. The molecule has 96 valence electrons. The molecule has 3 rings (SSSR count). The van der Waals surface area contributed by atoms with E-state index in [0.717, 1.165) is 20.4 Å². The third-order valence-corrected chi connectivity index (χ3v) is 4.85. The summed E-state index contributed by atoms with van der Waals surface area (Å²) in [7, 11) is 0. The number of carbonyl (C=O) groups excluding carboxylic acids is 1. The molecule has 19 heavy (non-hydrogen) atoms. The summed E-state index contributed by atoms with van der Waals surface area (Å²) in [6.45, 7) is 0.366. The highest BCUT2D eigenvalue weighted by Crippen LogP contribution is 2.23. The summed E-state index contributed by atoms with van der Waals surface area (Å²) in [5.74, 6) is 0.186. The number of rotatable bonds is 4. The summed E-state index contributed by atoms with van der Waals surface area (Å²) in [6, 6.07) is 9.81. The average molecular weight is 335 g/mol. The van der Waals surface area contributed by atoms with E-state index in [2.05, 4.69) is 20.9 Å². The monoisotopic (exact) mass is 334 g/mol. The van der Waals surface area contributed by atoms with Gasteiger partial charge < -0.3 is 4.57 Å². The molecule has 3 aromatic rings. The standard InChI is InChI=1S/C14H11BrN2OS/c15-11-5-6-19-14(11)7-10(18)8-17-9-16-12-3-1-2-4-13(12)17/h1-6,9H,7-8H2. The fourth-order valence-corrected chi connectivity index (χ4v) is 3.53. The number of fused-ring (bicyclic) bond motifs is 1. The van der Waals surface area contributed by atoms with Crippen LogP contribution in [0.3, 0.4) is 0 Å². The van der Waals surface area contributed by atoms with E-state index in [0.29, 0.717) is 13.0 Å². The fourth-order valence-electron chi connectivity index (χ4n) is 2.01. The zero-order valence-corrected chi connectivity index (χ0v) is 12.4. The normalized spacial score (nSPS) is 11.0. The number of nitrogens with zero attached hydrogens (tertiary/aromatic N) is 2. The Morgan fingerprint density at radius 3 is 2.95 bits per heavy atom. The summed E-state index contributed by atoms with van der Waals surface area (Å²) in [5.41, 5.74) is 1.92. The SMILES string of the molecule is O=C(Cc1sccc1Br)Cn1cnc2ccccc21. The maximum Gasteiger partial charge on any atom is 0.157 e. The molecule has 0 aliphatic rings. The average Bonchev–Trinajstić information content (AvgIpc) is 2.98. The van der Waals surface area contributed by atoms with Gasteiger partial charge in [0.05, 0.1) is 23.9 Å². The van der Waals surface area contributed by atoms with Crippen LogP contribution in [0.15, 0.2) is 46.5 Å². The van der Waals surface area contributed by atoms with E-state index in [9.17, 15) is 4.79 Å². The van der Waals surface area contributed by atoms with Gasteiger partial charge in [-0.1, -0.05) is 12.1 Å². The maximum atomic E-state index is 12.1. The van der Waals surface area contributed by atoms with Crippen molar-refractivity contribution in [2.45, 2.75) is 13.0 Å². The first-order chi connectivity index (χ1) is 9.24. The molecule has 3 nitrogen and oxygen atoms in total. The molecule has 0 spiro atoms. The number of hydrogen-bond acceptors (Lipinski definition) is 3. The predicted molar refractivity (Wildman–Crippen MR) is 80.5 cm³/mol. The van der Waals surface area contributed by atoms with E-state index >= 15 is 0 Å². The van der Waals surface area contributed by atoms with Crippen LogP contribution in [-0.2, 0) is 17.8 Å². The van der Waals surface area contributed by atoms with Gasteiger partial charge >= 0.3 is 0 Å². The minimum atomic E-state index is 0.186.